The fourth-order valence-corrected chi connectivity index (χ4v) is 1.19. The van der Waals surface area contributed by atoms with Gasteiger partial charge in [0.15, 0.2) is 11.4 Å². The third kappa shape index (κ3) is 1.20. The van der Waals surface area contributed by atoms with Crippen LogP contribution in [0, 0.1) is 15.9 Å². The smallest absolute Gasteiger partial charge is 0.400 e. The van der Waals surface area contributed by atoms with Crippen LogP contribution in [0.2, 0.25) is 0 Å². The van der Waals surface area contributed by atoms with Gasteiger partial charge in [0.05, 0.1) is 13.0 Å². The van der Waals surface area contributed by atoms with Crippen molar-refractivity contribution in [1.82, 2.24) is 4.98 Å². The van der Waals surface area contributed by atoms with Crippen LogP contribution in [0.3, 0.4) is 0 Å². The van der Waals surface area contributed by atoms with E-state index >= 15 is 0 Å². The van der Waals surface area contributed by atoms with Crippen molar-refractivity contribution >= 4 is 5.82 Å². The monoisotopic (exact) mass is 184 g/mol. The van der Waals surface area contributed by atoms with Crippen LogP contribution in [-0.2, 0) is 6.42 Å². The van der Waals surface area contributed by atoms with Crippen molar-refractivity contribution < 1.29 is 14.1 Å². The van der Waals surface area contributed by atoms with Gasteiger partial charge in [-0.3, -0.25) is 0 Å². The average molecular weight is 184 g/mol. The third-order valence-corrected chi connectivity index (χ3v) is 1.77. The van der Waals surface area contributed by atoms with E-state index in [4.69, 9.17) is 4.74 Å². The summed E-state index contributed by atoms with van der Waals surface area (Å²) in [5, 5.41) is 10.3. The van der Waals surface area contributed by atoms with Crippen LogP contribution in [0.5, 0.6) is 5.75 Å². The number of pyridine rings is 1. The van der Waals surface area contributed by atoms with Gasteiger partial charge in [-0.05, 0) is 9.91 Å². The van der Waals surface area contributed by atoms with Crippen LogP contribution < -0.4 is 4.74 Å². The highest BCUT2D eigenvalue weighted by atomic mass is 19.1. The Morgan fingerprint density at radius 2 is 2.46 bits per heavy atom. The SMILES string of the molecule is O=[N+]([O-])c1nc2c(cc1F)OCC2. The Kier molecular flexibility index (Phi) is 1.61. The maximum Gasteiger partial charge on any atom is 0.400 e. The van der Waals surface area contributed by atoms with Crippen LogP contribution in [0.4, 0.5) is 10.2 Å². The first-order valence-electron chi connectivity index (χ1n) is 3.65. The van der Waals surface area contributed by atoms with E-state index in [-0.39, 0.29) is 0 Å². The minimum Gasteiger partial charge on any atom is -0.489 e. The molecule has 0 aromatic carbocycles. The minimum atomic E-state index is -0.953. The highest BCUT2D eigenvalue weighted by Crippen LogP contribution is 2.27. The zero-order valence-corrected chi connectivity index (χ0v) is 6.49. The van der Waals surface area contributed by atoms with Gasteiger partial charge in [0, 0.05) is 6.07 Å². The Morgan fingerprint density at radius 1 is 1.69 bits per heavy atom. The molecule has 1 aromatic rings. The van der Waals surface area contributed by atoms with Crippen LogP contribution >= 0.6 is 0 Å². The largest absolute Gasteiger partial charge is 0.489 e. The lowest BCUT2D eigenvalue weighted by atomic mass is 10.3. The molecule has 13 heavy (non-hydrogen) atoms. The number of nitro groups is 1. The molecule has 1 aromatic heterocycles. The van der Waals surface area contributed by atoms with E-state index in [1.165, 1.54) is 0 Å². The first-order valence-corrected chi connectivity index (χ1v) is 3.65. The van der Waals surface area contributed by atoms with Gasteiger partial charge in [0.25, 0.3) is 0 Å². The summed E-state index contributed by atoms with van der Waals surface area (Å²) in [5.74, 6) is -1.38. The van der Waals surface area contributed by atoms with E-state index in [0.717, 1.165) is 6.07 Å². The summed E-state index contributed by atoms with van der Waals surface area (Å²) in [6, 6.07) is 1.01. The second-order valence-corrected chi connectivity index (χ2v) is 2.59. The van der Waals surface area contributed by atoms with Gasteiger partial charge < -0.3 is 14.9 Å². The molecule has 0 atom stereocenters. The van der Waals surface area contributed by atoms with E-state index in [2.05, 4.69) is 4.98 Å². The molecule has 0 N–H and O–H groups in total. The standard InChI is InChI=1S/C7H5FN2O3/c8-4-3-6-5(1-2-13-6)9-7(4)10(11)12/h3H,1-2H2. The Hall–Kier alpha value is -1.72. The second-order valence-electron chi connectivity index (χ2n) is 2.59. The summed E-state index contributed by atoms with van der Waals surface area (Å²) in [6.45, 7) is 0.406. The molecule has 1 aliphatic rings. The molecule has 5 nitrogen and oxygen atoms in total. The molecule has 0 unspecified atom stereocenters. The summed E-state index contributed by atoms with van der Waals surface area (Å²) >= 11 is 0. The Morgan fingerprint density at radius 3 is 3.15 bits per heavy atom. The molecular weight excluding hydrogens is 179 g/mol. The topological polar surface area (TPSA) is 65.3 Å². The van der Waals surface area contributed by atoms with Crippen LogP contribution in [0.1, 0.15) is 5.69 Å². The number of rotatable bonds is 1. The molecule has 2 rings (SSSR count). The van der Waals surface area contributed by atoms with E-state index < -0.39 is 16.6 Å². The number of hydrogen-bond acceptors (Lipinski definition) is 4. The van der Waals surface area contributed by atoms with Crippen molar-refractivity contribution in [2.45, 2.75) is 6.42 Å². The van der Waals surface area contributed by atoms with Gasteiger partial charge in [-0.25, -0.2) is 0 Å². The molecule has 0 saturated carbocycles. The van der Waals surface area contributed by atoms with Crippen LogP contribution in [0.25, 0.3) is 0 Å². The van der Waals surface area contributed by atoms with Crippen molar-refractivity contribution in [2.24, 2.45) is 0 Å². The van der Waals surface area contributed by atoms with Crippen LogP contribution in [-0.4, -0.2) is 16.5 Å². The number of hydrogen-bond donors (Lipinski definition) is 0. The summed E-state index contributed by atoms with van der Waals surface area (Å²) < 4.78 is 17.9. The quantitative estimate of drug-likeness (QED) is 0.483. The second kappa shape index (κ2) is 2.65. The zero-order valence-electron chi connectivity index (χ0n) is 6.49. The fourth-order valence-electron chi connectivity index (χ4n) is 1.19. The van der Waals surface area contributed by atoms with Gasteiger partial charge >= 0.3 is 5.82 Å². The van der Waals surface area contributed by atoms with Crippen molar-refractivity contribution in [1.29, 1.82) is 0 Å². The lowest BCUT2D eigenvalue weighted by Gasteiger charge is -1.96. The summed E-state index contributed by atoms with van der Waals surface area (Å²) in [6.07, 6.45) is 0.496. The van der Waals surface area contributed by atoms with E-state index in [1.54, 1.807) is 0 Å². The molecule has 0 aliphatic carbocycles. The number of nitrogens with zero attached hydrogens (tertiary/aromatic N) is 2. The third-order valence-electron chi connectivity index (χ3n) is 1.77. The normalized spacial score (nSPS) is 13.6. The lowest BCUT2D eigenvalue weighted by Crippen LogP contribution is -1.98. The molecule has 68 valence electrons. The Balaban J connectivity index is 2.55. The summed E-state index contributed by atoms with van der Waals surface area (Å²) in [7, 11) is 0. The van der Waals surface area contributed by atoms with E-state index in [1.807, 2.05) is 0 Å². The number of fused-ring (bicyclic) bond motifs is 1. The van der Waals surface area contributed by atoms with Gasteiger partial charge in [-0.15, -0.1) is 0 Å². The van der Waals surface area contributed by atoms with Crippen molar-refractivity contribution in [3.05, 3.63) is 27.7 Å². The van der Waals surface area contributed by atoms with Crippen LogP contribution in [0.15, 0.2) is 6.07 Å². The van der Waals surface area contributed by atoms with Crippen molar-refractivity contribution in [3.63, 3.8) is 0 Å². The molecule has 6 heteroatoms. The molecule has 0 saturated heterocycles. The van der Waals surface area contributed by atoms with Gasteiger partial charge in [-0.2, -0.15) is 4.39 Å². The lowest BCUT2D eigenvalue weighted by molar-refractivity contribution is -0.392. The molecule has 0 spiro atoms. The van der Waals surface area contributed by atoms with Gasteiger partial charge in [-0.1, -0.05) is 0 Å². The zero-order chi connectivity index (χ0) is 9.42. The van der Waals surface area contributed by atoms with E-state index in [9.17, 15) is 14.5 Å². The average Bonchev–Trinajstić information content (AvgIpc) is 2.48. The maximum absolute atomic E-state index is 12.9. The first-order chi connectivity index (χ1) is 6.18. The number of aromatic nitrogens is 1. The molecule has 0 radical (unpaired) electrons. The molecule has 2 heterocycles. The first kappa shape index (κ1) is 7.90. The minimum absolute atomic E-state index is 0.308. The molecular formula is C7H5FN2O3. The fraction of sp³-hybridized carbons (Fsp3) is 0.286. The summed E-state index contributed by atoms with van der Waals surface area (Å²) in [5.41, 5.74) is 0.452. The highest BCUT2D eigenvalue weighted by molar-refractivity contribution is 5.37. The molecule has 1 aliphatic heterocycles. The van der Waals surface area contributed by atoms with Gasteiger partial charge in [0.1, 0.15) is 0 Å². The Labute approximate surface area is 72.3 Å². The number of ether oxygens (including phenoxy) is 1. The molecule has 0 fully saturated rings. The predicted molar refractivity (Wildman–Crippen MR) is 40.0 cm³/mol. The van der Waals surface area contributed by atoms with Gasteiger partial charge in [0.2, 0.25) is 5.82 Å². The highest BCUT2D eigenvalue weighted by Gasteiger charge is 2.26. The molecule has 0 amide bonds. The number of halogens is 1. The van der Waals surface area contributed by atoms with Crippen molar-refractivity contribution in [2.75, 3.05) is 6.61 Å². The van der Waals surface area contributed by atoms with E-state index in [0.29, 0.717) is 24.5 Å². The maximum atomic E-state index is 12.9. The molecule has 0 bridgehead atoms. The summed E-state index contributed by atoms with van der Waals surface area (Å²) in [4.78, 5) is 13.0. The Bertz CT molecular complexity index is 380. The van der Waals surface area contributed by atoms with Crippen molar-refractivity contribution in [3.8, 4) is 5.75 Å². The predicted octanol–water partition coefficient (Wildman–Crippen LogP) is 1.06.